The lowest BCUT2D eigenvalue weighted by atomic mass is 9.87. The fourth-order valence-corrected chi connectivity index (χ4v) is 2.49. The van der Waals surface area contributed by atoms with Gasteiger partial charge in [0.2, 0.25) is 0 Å². The molecule has 1 aromatic rings. The zero-order chi connectivity index (χ0) is 11.4. The summed E-state index contributed by atoms with van der Waals surface area (Å²) in [5.74, 6) is 1.01. The van der Waals surface area contributed by atoms with Gasteiger partial charge in [-0.15, -0.1) is 0 Å². The van der Waals surface area contributed by atoms with Gasteiger partial charge in [-0.05, 0) is 56.0 Å². The lowest BCUT2D eigenvalue weighted by molar-refractivity contribution is 0.338. The summed E-state index contributed by atoms with van der Waals surface area (Å²) >= 11 is 0. The monoisotopic (exact) mass is 219 g/mol. The van der Waals surface area contributed by atoms with Gasteiger partial charge in [0.05, 0.1) is 6.61 Å². The van der Waals surface area contributed by atoms with Gasteiger partial charge < -0.3 is 10.1 Å². The van der Waals surface area contributed by atoms with Gasteiger partial charge in [0.15, 0.2) is 0 Å². The molecule has 1 aromatic carbocycles. The molecule has 0 aromatic heterocycles. The lowest BCUT2D eigenvalue weighted by Crippen LogP contribution is -2.24. The molecule has 1 aliphatic rings. The third-order valence-corrected chi connectivity index (χ3v) is 3.19. The summed E-state index contributed by atoms with van der Waals surface area (Å²) < 4.78 is 5.57. The second-order valence-electron chi connectivity index (χ2n) is 4.30. The van der Waals surface area contributed by atoms with Gasteiger partial charge in [-0.25, -0.2) is 0 Å². The van der Waals surface area contributed by atoms with Crippen LogP contribution in [0, 0.1) is 0 Å². The van der Waals surface area contributed by atoms with Crippen LogP contribution in [0.1, 0.15) is 43.9 Å². The van der Waals surface area contributed by atoms with Crippen LogP contribution in [0.25, 0.3) is 0 Å². The third kappa shape index (κ3) is 2.38. The average molecular weight is 219 g/mol. The van der Waals surface area contributed by atoms with E-state index in [4.69, 9.17) is 4.74 Å². The molecule has 0 radical (unpaired) electrons. The minimum atomic E-state index is 0.522. The Morgan fingerprint density at radius 1 is 1.38 bits per heavy atom. The number of benzene rings is 1. The zero-order valence-electron chi connectivity index (χ0n) is 10.3. The second-order valence-corrected chi connectivity index (χ2v) is 4.30. The van der Waals surface area contributed by atoms with Crippen LogP contribution in [0.2, 0.25) is 0 Å². The smallest absolute Gasteiger partial charge is 0.119 e. The highest BCUT2D eigenvalue weighted by Crippen LogP contribution is 2.32. The maximum absolute atomic E-state index is 5.57. The Kier molecular flexibility index (Phi) is 3.83. The van der Waals surface area contributed by atoms with Crippen LogP contribution in [0.5, 0.6) is 5.75 Å². The summed E-state index contributed by atoms with van der Waals surface area (Å²) in [7, 11) is 0. The molecule has 88 valence electrons. The normalized spacial score (nSPS) is 19.2. The van der Waals surface area contributed by atoms with E-state index in [0.29, 0.717) is 6.04 Å². The first-order valence-electron chi connectivity index (χ1n) is 6.34. The van der Waals surface area contributed by atoms with Gasteiger partial charge in [0, 0.05) is 6.04 Å². The van der Waals surface area contributed by atoms with E-state index >= 15 is 0 Å². The summed E-state index contributed by atoms with van der Waals surface area (Å²) in [6.45, 7) is 5.97. The van der Waals surface area contributed by atoms with Gasteiger partial charge in [-0.2, -0.15) is 0 Å². The number of fused-ring (bicyclic) bond motifs is 1. The van der Waals surface area contributed by atoms with Gasteiger partial charge in [0.1, 0.15) is 5.75 Å². The van der Waals surface area contributed by atoms with E-state index in [9.17, 15) is 0 Å². The van der Waals surface area contributed by atoms with Gasteiger partial charge in [0.25, 0.3) is 0 Å². The van der Waals surface area contributed by atoms with Crippen molar-refractivity contribution in [1.82, 2.24) is 5.32 Å². The van der Waals surface area contributed by atoms with Crippen molar-refractivity contribution in [3.63, 3.8) is 0 Å². The summed E-state index contributed by atoms with van der Waals surface area (Å²) in [6, 6.07) is 7.06. The molecule has 0 amide bonds. The molecule has 0 aliphatic heterocycles. The molecular weight excluding hydrogens is 198 g/mol. The molecule has 1 N–H and O–H groups in total. The number of nitrogens with one attached hydrogen (secondary N) is 1. The maximum Gasteiger partial charge on any atom is 0.119 e. The van der Waals surface area contributed by atoms with Crippen molar-refractivity contribution >= 4 is 0 Å². The predicted molar refractivity (Wildman–Crippen MR) is 67.0 cm³/mol. The highest BCUT2D eigenvalue weighted by atomic mass is 16.5. The predicted octanol–water partition coefficient (Wildman–Crippen LogP) is 3.07. The number of hydrogen-bond acceptors (Lipinski definition) is 2. The standard InChI is InChI=1S/C14H21NO/c1-3-15-14-7-5-6-11-8-9-12(16-4-2)10-13(11)14/h8-10,14-15H,3-7H2,1-2H3. The summed E-state index contributed by atoms with van der Waals surface area (Å²) in [5, 5.41) is 3.55. The van der Waals surface area contributed by atoms with E-state index in [-0.39, 0.29) is 0 Å². The average Bonchev–Trinajstić information content (AvgIpc) is 2.31. The van der Waals surface area contributed by atoms with E-state index in [1.807, 2.05) is 6.92 Å². The SMILES string of the molecule is CCNC1CCCc2ccc(OCC)cc21. The minimum Gasteiger partial charge on any atom is -0.494 e. The Labute approximate surface area is 98.0 Å². The molecule has 1 aliphatic carbocycles. The summed E-state index contributed by atoms with van der Waals surface area (Å²) in [5.41, 5.74) is 2.93. The lowest BCUT2D eigenvalue weighted by Gasteiger charge is -2.26. The molecule has 1 unspecified atom stereocenters. The molecule has 2 rings (SSSR count). The Balaban J connectivity index is 2.25. The largest absolute Gasteiger partial charge is 0.494 e. The van der Waals surface area contributed by atoms with E-state index in [1.54, 1.807) is 0 Å². The summed E-state index contributed by atoms with van der Waals surface area (Å²) in [6.07, 6.45) is 3.75. The van der Waals surface area contributed by atoms with Gasteiger partial charge in [-0.1, -0.05) is 13.0 Å². The van der Waals surface area contributed by atoms with Crippen molar-refractivity contribution < 1.29 is 4.74 Å². The quantitative estimate of drug-likeness (QED) is 0.840. The number of ether oxygens (including phenoxy) is 1. The molecule has 0 heterocycles. The van der Waals surface area contributed by atoms with Crippen LogP contribution < -0.4 is 10.1 Å². The van der Waals surface area contributed by atoms with Crippen molar-refractivity contribution in [3.05, 3.63) is 29.3 Å². The van der Waals surface area contributed by atoms with Crippen LogP contribution in [-0.4, -0.2) is 13.2 Å². The Hall–Kier alpha value is -1.02. The van der Waals surface area contributed by atoms with Gasteiger partial charge >= 0.3 is 0 Å². The number of rotatable bonds is 4. The molecule has 0 saturated carbocycles. The van der Waals surface area contributed by atoms with Crippen LogP contribution in [0.4, 0.5) is 0 Å². The zero-order valence-corrected chi connectivity index (χ0v) is 10.3. The molecule has 0 fully saturated rings. The first kappa shape index (κ1) is 11.5. The van der Waals surface area contributed by atoms with Crippen LogP contribution in [0.3, 0.4) is 0 Å². The highest BCUT2D eigenvalue weighted by molar-refractivity contribution is 5.39. The van der Waals surface area contributed by atoms with E-state index in [2.05, 4.69) is 30.4 Å². The first-order valence-corrected chi connectivity index (χ1v) is 6.34. The Morgan fingerprint density at radius 3 is 3.00 bits per heavy atom. The van der Waals surface area contributed by atoms with Crippen LogP contribution in [-0.2, 0) is 6.42 Å². The molecular formula is C14H21NO. The topological polar surface area (TPSA) is 21.3 Å². The molecule has 2 heteroatoms. The molecule has 0 saturated heterocycles. The number of hydrogen-bond donors (Lipinski definition) is 1. The van der Waals surface area contributed by atoms with Crippen molar-refractivity contribution in [1.29, 1.82) is 0 Å². The fraction of sp³-hybridized carbons (Fsp3) is 0.571. The molecule has 2 nitrogen and oxygen atoms in total. The Bertz CT molecular complexity index is 349. The second kappa shape index (κ2) is 5.35. The summed E-state index contributed by atoms with van der Waals surface area (Å²) in [4.78, 5) is 0. The molecule has 0 spiro atoms. The van der Waals surface area contributed by atoms with Crippen molar-refractivity contribution in [2.45, 2.75) is 39.2 Å². The fourth-order valence-electron chi connectivity index (χ4n) is 2.49. The van der Waals surface area contributed by atoms with E-state index in [0.717, 1.165) is 18.9 Å². The van der Waals surface area contributed by atoms with Crippen LogP contribution in [0.15, 0.2) is 18.2 Å². The van der Waals surface area contributed by atoms with Crippen molar-refractivity contribution in [2.24, 2.45) is 0 Å². The maximum atomic E-state index is 5.57. The van der Waals surface area contributed by atoms with Crippen molar-refractivity contribution in [2.75, 3.05) is 13.2 Å². The minimum absolute atomic E-state index is 0.522. The third-order valence-electron chi connectivity index (χ3n) is 3.19. The molecule has 1 atom stereocenters. The molecule has 16 heavy (non-hydrogen) atoms. The van der Waals surface area contributed by atoms with Crippen molar-refractivity contribution in [3.8, 4) is 5.75 Å². The highest BCUT2D eigenvalue weighted by Gasteiger charge is 2.19. The van der Waals surface area contributed by atoms with E-state index in [1.165, 1.54) is 30.4 Å². The van der Waals surface area contributed by atoms with E-state index < -0.39 is 0 Å². The van der Waals surface area contributed by atoms with Crippen LogP contribution >= 0.6 is 0 Å². The number of aryl methyl sites for hydroxylation is 1. The molecule has 0 bridgehead atoms. The Morgan fingerprint density at radius 2 is 2.25 bits per heavy atom. The first-order chi connectivity index (χ1) is 7.85. The van der Waals surface area contributed by atoms with Gasteiger partial charge in [-0.3, -0.25) is 0 Å².